The summed E-state index contributed by atoms with van der Waals surface area (Å²) in [4.78, 5) is 22.8. The van der Waals surface area contributed by atoms with E-state index in [1.165, 1.54) is 13.8 Å². The molecule has 0 saturated carbocycles. The molecule has 1 unspecified atom stereocenters. The van der Waals surface area contributed by atoms with Crippen LogP contribution in [-0.2, 0) is 14.3 Å². The van der Waals surface area contributed by atoms with E-state index in [-0.39, 0.29) is 0 Å². The molecule has 0 spiro atoms. The molecular weight excluding hydrogens is 363 g/mol. The van der Waals surface area contributed by atoms with E-state index in [4.69, 9.17) is 32.7 Å². The van der Waals surface area contributed by atoms with Crippen LogP contribution in [0.2, 0.25) is 10.0 Å². The molecule has 0 aliphatic rings. The lowest BCUT2D eigenvalue weighted by Gasteiger charge is -2.16. The monoisotopic (exact) mass is 378 g/mol. The molecule has 0 bridgehead atoms. The van der Waals surface area contributed by atoms with Gasteiger partial charge in [-0.15, -0.1) is 0 Å². The molecular formula is C19H16Cl2O4. The number of hydrogen-bond donors (Lipinski definition) is 0. The molecule has 6 heteroatoms. The van der Waals surface area contributed by atoms with Gasteiger partial charge >= 0.3 is 11.9 Å². The Morgan fingerprint density at radius 2 is 1.72 bits per heavy atom. The summed E-state index contributed by atoms with van der Waals surface area (Å²) in [5.74, 6) is -0.580. The van der Waals surface area contributed by atoms with Crippen molar-refractivity contribution in [3.8, 4) is 5.75 Å². The number of benzene rings is 2. The van der Waals surface area contributed by atoms with E-state index in [9.17, 15) is 9.59 Å². The number of rotatable bonds is 5. The molecule has 2 aromatic carbocycles. The van der Waals surface area contributed by atoms with Crippen molar-refractivity contribution in [1.29, 1.82) is 0 Å². The Morgan fingerprint density at radius 3 is 2.36 bits per heavy atom. The largest absolute Gasteiger partial charge is 0.453 e. The fourth-order valence-electron chi connectivity index (χ4n) is 2.16. The summed E-state index contributed by atoms with van der Waals surface area (Å²) in [6.45, 7) is 2.62. The highest BCUT2D eigenvalue weighted by Gasteiger charge is 2.17. The van der Waals surface area contributed by atoms with Gasteiger partial charge in [-0.3, -0.25) is 9.59 Å². The molecule has 0 aliphatic heterocycles. The predicted octanol–water partition coefficient (Wildman–Crippen LogP) is 5.24. The zero-order valence-electron chi connectivity index (χ0n) is 13.7. The van der Waals surface area contributed by atoms with Gasteiger partial charge in [-0.2, -0.15) is 0 Å². The van der Waals surface area contributed by atoms with E-state index in [1.807, 2.05) is 0 Å². The van der Waals surface area contributed by atoms with Crippen LogP contribution in [0.15, 0.2) is 48.5 Å². The maximum Gasteiger partial charge on any atom is 0.308 e. The standard InChI is InChI=1S/C19H16Cl2O4/c1-12(22)24-18-6-4-3-5-15(18)19(25-13(2)23)10-8-14-7-9-16(20)17(21)11-14/h3-11,19H,1-2H3. The number of halogens is 2. The number of hydrogen-bond acceptors (Lipinski definition) is 4. The Morgan fingerprint density at radius 1 is 1.00 bits per heavy atom. The van der Waals surface area contributed by atoms with Crippen LogP contribution in [0, 0.1) is 0 Å². The van der Waals surface area contributed by atoms with E-state index in [1.54, 1.807) is 54.6 Å². The quantitative estimate of drug-likeness (QED) is 0.527. The summed E-state index contributed by atoms with van der Waals surface area (Å²) in [5.41, 5.74) is 1.35. The van der Waals surface area contributed by atoms with Crippen LogP contribution in [0.3, 0.4) is 0 Å². The first kappa shape index (κ1) is 19.0. The third-order valence-corrected chi connectivity index (χ3v) is 3.92. The van der Waals surface area contributed by atoms with Gasteiger partial charge in [-0.05, 0) is 29.8 Å². The van der Waals surface area contributed by atoms with Crippen LogP contribution in [0.4, 0.5) is 0 Å². The van der Waals surface area contributed by atoms with Gasteiger partial charge in [0, 0.05) is 19.4 Å². The molecule has 2 aromatic rings. The molecule has 0 aliphatic carbocycles. The Labute approximate surface area is 156 Å². The normalized spacial score (nSPS) is 12.0. The summed E-state index contributed by atoms with van der Waals surface area (Å²) in [7, 11) is 0. The summed E-state index contributed by atoms with van der Waals surface area (Å²) in [6.07, 6.45) is 2.71. The Balaban J connectivity index is 2.36. The summed E-state index contributed by atoms with van der Waals surface area (Å²) in [6, 6.07) is 12.0. The number of para-hydroxylation sites is 1. The lowest BCUT2D eigenvalue weighted by molar-refractivity contribution is -0.144. The van der Waals surface area contributed by atoms with Crippen LogP contribution in [0.25, 0.3) is 6.08 Å². The first-order chi connectivity index (χ1) is 11.9. The molecule has 0 radical (unpaired) electrons. The van der Waals surface area contributed by atoms with Crippen molar-refractivity contribution in [2.75, 3.05) is 0 Å². The van der Waals surface area contributed by atoms with Crippen molar-refractivity contribution >= 4 is 41.2 Å². The Hall–Kier alpha value is -2.30. The average Bonchev–Trinajstić information content (AvgIpc) is 2.54. The number of ether oxygens (including phenoxy) is 2. The Bertz CT molecular complexity index is 815. The van der Waals surface area contributed by atoms with Crippen LogP contribution in [0.1, 0.15) is 31.1 Å². The van der Waals surface area contributed by atoms with Gasteiger partial charge < -0.3 is 9.47 Å². The molecule has 0 heterocycles. The van der Waals surface area contributed by atoms with E-state index in [2.05, 4.69) is 0 Å². The number of carbonyl (C=O) groups is 2. The van der Waals surface area contributed by atoms with Crippen LogP contribution in [-0.4, -0.2) is 11.9 Å². The maximum atomic E-state index is 11.5. The summed E-state index contributed by atoms with van der Waals surface area (Å²) >= 11 is 11.9. The SMILES string of the molecule is CC(=O)Oc1ccccc1C(C=Cc1ccc(Cl)c(Cl)c1)OC(C)=O. The van der Waals surface area contributed by atoms with E-state index >= 15 is 0 Å². The maximum absolute atomic E-state index is 11.5. The second-order valence-electron chi connectivity index (χ2n) is 5.19. The van der Waals surface area contributed by atoms with Crippen molar-refractivity contribution in [2.45, 2.75) is 20.0 Å². The van der Waals surface area contributed by atoms with Gasteiger partial charge in [0.1, 0.15) is 11.9 Å². The van der Waals surface area contributed by atoms with Crippen LogP contribution < -0.4 is 4.74 Å². The summed E-state index contributed by atoms with van der Waals surface area (Å²) < 4.78 is 10.6. The molecule has 1 atom stereocenters. The smallest absolute Gasteiger partial charge is 0.308 e. The minimum atomic E-state index is -0.720. The topological polar surface area (TPSA) is 52.6 Å². The highest BCUT2D eigenvalue weighted by atomic mass is 35.5. The lowest BCUT2D eigenvalue weighted by atomic mass is 10.1. The first-order valence-corrected chi connectivity index (χ1v) is 8.20. The van der Waals surface area contributed by atoms with E-state index in [0.717, 1.165) is 5.56 Å². The van der Waals surface area contributed by atoms with Crippen molar-refractivity contribution < 1.29 is 19.1 Å². The molecule has 4 nitrogen and oxygen atoms in total. The van der Waals surface area contributed by atoms with Crippen molar-refractivity contribution in [2.24, 2.45) is 0 Å². The molecule has 0 fully saturated rings. The third kappa shape index (κ3) is 5.62. The van der Waals surface area contributed by atoms with Crippen LogP contribution >= 0.6 is 23.2 Å². The Kier molecular flexibility index (Phi) is 6.62. The van der Waals surface area contributed by atoms with Gasteiger partial charge in [0.15, 0.2) is 0 Å². The van der Waals surface area contributed by atoms with Crippen molar-refractivity contribution in [1.82, 2.24) is 0 Å². The van der Waals surface area contributed by atoms with Crippen molar-refractivity contribution in [3.63, 3.8) is 0 Å². The lowest BCUT2D eigenvalue weighted by Crippen LogP contribution is -2.10. The molecule has 0 N–H and O–H groups in total. The highest BCUT2D eigenvalue weighted by Crippen LogP contribution is 2.30. The van der Waals surface area contributed by atoms with E-state index in [0.29, 0.717) is 21.4 Å². The molecule has 25 heavy (non-hydrogen) atoms. The average molecular weight is 379 g/mol. The molecule has 2 rings (SSSR count). The fraction of sp³-hybridized carbons (Fsp3) is 0.158. The minimum absolute atomic E-state index is 0.333. The fourth-order valence-corrected chi connectivity index (χ4v) is 2.47. The highest BCUT2D eigenvalue weighted by molar-refractivity contribution is 6.42. The second kappa shape index (κ2) is 8.70. The molecule has 0 amide bonds. The van der Waals surface area contributed by atoms with Crippen molar-refractivity contribution in [3.05, 3.63) is 69.7 Å². The van der Waals surface area contributed by atoms with E-state index < -0.39 is 18.0 Å². The van der Waals surface area contributed by atoms with Gasteiger partial charge in [0.2, 0.25) is 0 Å². The zero-order chi connectivity index (χ0) is 18.4. The van der Waals surface area contributed by atoms with Crippen LogP contribution in [0.5, 0.6) is 5.75 Å². The first-order valence-electron chi connectivity index (χ1n) is 7.44. The molecule has 0 aromatic heterocycles. The van der Waals surface area contributed by atoms with Gasteiger partial charge in [0.25, 0.3) is 0 Å². The number of carbonyl (C=O) groups excluding carboxylic acids is 2. The van der Waals surface area contributed by atoms with Gasteiger partial charge in [0.05, 0.1) is 10.0 Å². The molecule has 0 saturated heterocycles. The summed E-state index contributed by atoms with van der Waals surface area (Å²) in [5, 5.41) is 0.878. The molecule has 130 valence electrons. The third-order valence-electron chi connectivity index (χ3n) is 3.18. The predicted molar refractivity (Wildman–Crippen MR) is 97.8 cm³/mol. The van der Waals surface area contributed by atoms with Gasteiger partial charge in [-0.25, -0.2) is 0 Å². The number of esters is 2. The minimum Gasteiger partial charge on any atom is -0.453 e. The second-order valence-corrected chi connectivity index (χ2v) is 6.01. The zero-order valence-corrected chi connectivity index (χ0v) is 15.2. The van der Waals surface area contributed by atoms with Gasteiger partial charge in [-0.1, -0.05) is 53.5 Å².